The Morgan fingerprint density at radius 3 is 2.31 bits per heavy atom. The minimum absolute atomic E-state index is 0.0630. The molecule has 0 unspecified atom stereocenters. The van der Waals surface area contributed by atoms with Gasteiger partial charge in [-0.2, -0.15) is 4.99 Å². The van der Waals surface area contributed by atoms with Crippen LogP contribution in [0.5, 0.6) is 0 Å². The number of hydrogen-bond donors (Lipinski definition) is 3. The molecule has 0 spiro atoms. The van der Waals surface area contributed by atoms with Gasteiger partial charge in [-0.05, 0) is 60.4 Å². The van der Waals surface area contributed by atoms with Crippen LogP contribution >= 0.6 is 12.6 Å². The summed E-state index contributed by atoms with van der Waals surface area (Å²) in [6, 6.07) is 22.7. The second kappa shape index (κ2) is 10.1. The third kappa shape index (κ3) is 6.16. The molecule has 7 nitrogen and oxygen atoms in total. The van der Waals surface area contributed by atoms with Crippen molar-refractivity contribution in [1.82, 2.24) is 14.8 Å². The van der Waals surface area contributed by atoms with Gasteiger partial charge in [0.1, 0.15) is 6.33 Å². The molecule has 0 aliphatic carbocycles. The highest BCUT2D eigenvalue weighted by atomic mass is 32.1. The lowest BCUT2D eigenvalue weighted by Crippen LogP contribution is -2.17. The molecule has 2 N–H and O–H groups in total. The van der Waals surface area contributed by atoms with Crippen molar-refractivity contribution < 1.29 is 4.79 Å². The van der Waals surface area contributed by atoms with Crippen LogP contribution in [0, 0.1) is 6.92 Å². The lowest BCUT2D eigenvalue weighted by Gasteiger charge is -2.23. The number of nitrogens with one attached hydrogen (secondary N) is 2. The molecule has 0 atom stereocenters. The zero-order chi connectivity index (χ0) is 25.0. The average molecular weight is 485 g/mol. The van der Waals surface area contributed by atoms with E-state index in [9.17, 15) is 4.79 Å². The average Bonchev–Trinajstić information content (AvgIpc) is 3.30. The number of benzene rings is 3. The van der Waals surface area contributed by atoms with Gasteiger partial charge in [-0.1, -0.05) is 56.7 Å². The van der Waals surface area contributed by atoms with E-state index < -0.39 is 6.03 Å². The predicted octanol–water partition coefficient (Wildman–Crippen LogP) is 6.47. The highest BCUT2D eigenvalue weighted by Crippen LogP contribution is 2.29. The van der Waals surface area contributed by atoms with Crippen molar-refractivity contribution in [2.75, 3.05) is 10.6 Å². The standard InChI is InChI=1S/C27H28N6OS/c1-18-9-15-21(16-10-18)33-17-28-24(32-33)19-11-13-20(14-12-19)29-25(34)31-26(35)30-23-8-6-5-7-22(23)27(2,3)4/h5-17H,1-4H3,(H3,29,30,31,34,35). The molecule has 2 amide bonds. The number of rotatable bonds is 4. The van der Waals surface area contributed by atoms with Crippen LogP contribution in [0.3, 0.4) is 0 Å². The molecular formula is C27H28N6OS. The van der Waals surface area contributed by atoms with Gasteiger partial charge in [0, 0.05) is 16.9 Å². The number of carbonyl (C=O) groups excluding carboxylic acids is 1. The monoisotopic (exact) mass is 484 g/mol. The molecule has 178 valence electrons. The lowest BCUT2D eigenvalue weighted by atomic mass is 9.86. The van der Waals surface area contributed by atoms with Crippen LogP contribution in [0.15, 0.2) is 84.1 Å². The Morgan fingerprint density at radius 2 is 1.63 bits per heavy atom. The molecule has 0 aliphatic rings. The molecule has 0 radical (unpaired) electrons. The summed E-state index contributed by atoms with van der Waals surface area (Å²) in [6.07, 6.45) is 1.68. The fourth-order valence-electron chi connectivity index (χ4n) is 3.56. The maximum Gasteiger partial charge on any atom is 0.347 e. The molecular weight excluding hydrogens is 456 g/mol. The van der Waals surface area contributed by atoms with Gasteiger partial charge in [-0.25, -0.2) is 14.5 Å². The number of aromatic nitrogens is 3. The van der Waals surface area contributed by atoms with Crippen LogP contribution in [-0.2, 0) is 5.41 Å². The molecule has 3 aromatic carbocycles. The van der Waals surface area contributed by atoms with Gasteiger partial charge in [-0.3, -0.25) is 0 Å². The number of hydrogen-bond acceptors (Lipinski definition) is 3. The Hall–Kier alpha value is -3.91. The van der Waals surface area contributed by atoms with Gasteiger partial charge in [0.25, 0.3) is 0 Å². The molecule has 0 bridgehead atoms. The van der Waals surface area contributed by atoms with Gasteiger partial charge in [0.05, 0.1) is 5.69 Å². The number of aryl methyl sites for hydroxylation is 1. The summed E-state index contributed by atoms with van der Waals surface area (Å²) < 4.78 is 1.73. The Morgan fingerprint density at radius 1 is 0.943 bits per heavy atom. The van der Waals surface area contributed by atoms with E-state index in [0.29, 0.717) is 11.5 Å². The highest BCUT2D eigenvalue weighted by Gasteiger charge is 2.18. The van der Waals surface area contributed by atoms with E-state index in [1.165, 1.54) is 5.56 Å². The molecule has 8 heteroatoms. The minimum Gasteiger partial charge on any atom is -0.334 e. The highest BCUT2D eigenvalue weighted by molar-refractivity contribution is 7.97. The van der Waals surface area contributed by atoms with Crippen molar-refractivity contribution in [3.05, 3.63) is 90.3 Å². The molecule has 0 saturated heterocycles. The Balaban J connectivity index is 1.41. The summed E-state index contributed by atoms with van der Waals surface area (Å²) in [7, 11) is 0. The number of thiol groups is 1. The summed E-state index contributed by atoms with van der Waals surface area (Å²) >= 11 is 4.35. The molecule has 4 rings (SSSR count). The first kappa shape index (κ1) is 24.2. The Bertz CT molecular complexity index is 1350. The summed E-state index contributed by atoms with van der Waals surface area (Å²) in [5, 5.41) is 10.6. The van der Waals surface area contributed by atoms with Crippen LogP contribution in [0.1, 0.15) is 31.9 Å². The van der Waals surface area contributed by atoms with Crippen molar-refractivity contribution in [1.29, 1.82) is 0 Å². The fourth-order valence-corrected chi connectivity index (χ4v) is 3.77. The van der Waals surface area contributed by atoms with Gasteiger partial charge < -0.3 is 10.6 Å². The van der Waals surface area contributed by atoms with Crippen LogP contribution < -0.4 is 10.6 Å². The van der Waals surface area contributed by atoms with Crippen LogP contribution in [-0.4, -0.2) is 26.0 Å². The first-order chi connectivity index (χ1) is 16.7. The predicted molar refractivity (Wildman–Crippen MR) is 146 cm³/mol. The van der Waals surface area contributed by atoms with Gasteiger partial charge in [0.15, 0.2) is 11.0 Å². The van der Waals surface area contributed by atoms with E-state index in [4.69, 9.17) is 0 Å². The van der Waals surface area contributed by atoms with Crippen molar-refractivity contribution in [2.24, 2.45) is 4.99 Å². The van der Waals surface area contributed by atoms with Gasteiger partial charge in [0.2, 0.25) is 0 Å². The van der Waals surface area contributed by atoms with E-state index >= 15 is 0 Å². The molecule has 0 aliphatic heterocycles. The number of carbonyl (C=O) groups is 1. The largest absolute Gasteiger partial charge is 0.347 e. The normalized spacial score (nSPS) is 11.9. The topological polar surface area (TPSA) is 84.2 Å². The molecule has 1 aromatic heterocycles. The van der Waals surface area contributed by atoms with Gasteiger partial charge in [-0.15, -0.1) is 17.7 Å². The third-order valence-corrected chi connectivity index (χ3v) is 5.59. The number of anilines is 2. The smallest absolute Gasteiger partial charge is 0.334 e. The minimum atomic E-state index is -0.523. The number of para-hydroxylation sites is 1. The fraction of sp³-hybridized carbons (Fsp3) is 0.185. The molecule has 0 saturated carbocycles. The van der Waals surface area contributed by atoms with E-state index in [1.54, 1.807) is 23.1 Å². The zero-order valence-electron chi connectivity index (χ0n) is 20.1. The van der Waals surface area contributed by atoms with Crippen LogP contribution in [0.4, 0.5) is 16.2 Å². The second-order valence-electron chi connectivity index (χ2n) is 9.21. The third-order valence-electron chi connectivity index (χ3n) is 5.37. The summed E-state index contributed by atoms with van der Waals surface area (Å²) in [5.74, 6) is 0.598. The van der Waals surface area contributed by atoms with E-state index in [1.807, 2.05) is 67.6 Å². The van der Waals surface area contributed by atoms with E-state index in [-0.39, 0.29) is 10.6 Å². The molecule has 1 heterocycles. The number of amidine groups is 1. The zero-order valence-corrected chi connectivity index (χ0v) is 21.0. The molecule has 0 fully saturated rings. The Kier molecular flexibility index (Phi) is 7.02. The van der Waals surface area contributed by atoms with Crippen molar-refractivity contribution in [3.63, 3.8) is 0 Å². The molecule has 35 heavy (non-hydrogen) atoms. The number of aliphatic imine (C=N–C) groups is 1. The first-order valence-corrected chi connectivity index (χ1v) is 11.7. The SMILES string of the molecule is Cc1ccc(-n2cnc(-c3ccc(NC(=O)/N=C(\S)Nc4ccccc4C(C)(C)C)cc3)n2)cc1. The van der Waals surface area contributed by atoms with Gasteiger partial charge >= 0.3 is 6.03 Å². The Labute approximate surface area is 210 Å². The van der Waals surface area contributed by atoms with E-state index in [2.05, 4.69) is 59.1 Å². The van der Waals surface area contributed by atoms with Crippen molar-refractivity contribution in [3.8, 4) is 17.1 Å². The number of amides is 2. The van der Waals surface area contributed by atoms with E-state index in [0.717, 1.165) is 22.5 Å². The number of urea groups is 1. The molecule has 4 aromatic rings. The summed E-state index contributed by atoms with van der Waals surface area (Å²) in [5.41, 5.74) is 5.49. The van der Waals surface area contributed by atoms with Crippen LogP contribution in [0.2, 0.25) is 0 Å². The van der Waals surface area contributed by atoms with Crippen molar-refractivity contribution >= 4 is 35.2 Å². The maximum atomic E-state index is 12.4. The van der Waals surface area contributed by atoms with Crippen molar-refractivity contribution in [2.45, 2.75) is 33.1 Å². The summed E-state index contributed by atoms with van der Waals surface area (Å²) in [6.45, 7) is 8.42. The lowest BCUT2D eigenvalue weighted by molar-refractivity contribution is 0.259. The summed E-state index contributed by atoms with van der Waals surface area (Å²) in [4.78, 5) is 20.8. The van der Waals surface area contributed by atoms with Crippen LogP contribution in [0.25, 0.3) is 17.1 Å². The maximum absolute atomic E-state index is 12.4. The first-order valence-electron chi connectivity index (χ1n) is 11.2. The quantitative estimate of drug-likeness (QED) is 0.176. The second-order valence-corrected chi connectivity index (χ2v) is 9.64. The number of nitrogens with zero attached hydrogens (tertiary/aromatic N) is 4.